The second-order valence-electron chi connectivity index (χ2n) is 3.01. The fourth-order valence-corrected chi connectivity index (χ4v) is 3.32. The molecule has 0 amide bonds. The molecule has 0 unspecified atom stereocenters. The summed E-state index contributed by atoms with van der Waals surface area (Å²) in [6.07, 6.45) is 1.31. The van der Waals surface area contributed by atoms with Gasteiger partial charge < -0.3 is 0 Å². The Hall–Kier alpha value is -0.273. The SMILES string of the molecule is CCC[SiH2]c1ccccc1CCl. The molecule has 0 N–H and O–H groups in total. The highest BCUT2D eigenvalue weighted by atomic mass is 35.5. The molecule has 0 aromatic heterocycles. The van der Waals surface area contributed by atoms with Crippen molar-refractivity contribution in [2.45, 2.75) is 25.3 Å². The van der Waals surface area contributed by atoms with Crippen LogP contribution in [0.1, 0.15) is 18.9 Å². The van der Waals surface area contributed by atoms with Gasteiger partial charge in [0.1, 0.15) is 0 Å². The molecule has 0 heterocycles. The van der Waals surface area contributed by atoms with Crippen molar-refractivity contribution in [1.29, 1.82) is 0 Å². The molecule has 0 bridgehead atoms. The Morgan fingerprint density at radius 3 is 2.75 bits per heavy atom. The maximum absolute atomic E-state index is 5.83. The molecule has 0 nitrogen and oxygen atoms in total. The van der Waals surface area contributed by atoms with Crippen LogP contribution in [0, 0.1) is 0 Å². The molecular formula is C10H15ClSi. The summed E-state index contributed by atoms with van der Waals surface area (Å²) in [7, 11) is -0.0358. The summed E-state index contributed by atoms with van der Waals surface area (Å²) in [5.41, 5.74) is 1.35. The van der Waals surface area contributed by atoms with Gasteiger partial charge in [-0.2, -0.15) is 0 Å². The lowest BCUT2D eigenvalue weighted by Gasteiger charge is -2.04. The number of hydrogen-bond donors (Lipinski definition) is 0. The van der Waals surface area contributed by atoms with Gasteiger partial charge in [0.15, 0.2) is 0 Å². The van der Waals surface area contributed by atoms with E-state index < -0.39 is 0 Å². The summed E-state index contributed by atoms with van der Waals surface area (Å²) < 4.78 is 0. The largest absolute Gasteiger partial charge is 0.122 e. The second-order valence-corrected chi connectivity index (χ2v) is 5.24. The molecule has 1 aromatic rings. The minimum Gasteiger partial charge on any atom is -0.122 e. The van der Waals surface area contributed by atoms with Gasteiger partial charge in [0.25, 0.3) is 0 Å². The first-order valence-electron chi connectivity index (χ1n) is 4.51. The molecule has 1 aromatic carbocycles. The molecular weight excluding hydrogens is 184 g/mol. The molecule has 0 saturated carbocycles. The van der Waals surface area contributed by atoms with E-state index in [4.69, 9.17) is 11.6 Å². The van der Waals surface area contributed by atoms with E-state index in [1.807, 2.05) is 0 Å². The molecule has 0 aliphatic heterocycles. The first-order chi connectivity index (χ1) is 5.88. The summed E-state index contributed by atoms with van der Waals surface area (Å²) in [6, 6.07) is 9.97. The van der Waals surface area contributed by atoms with Gasteiger partial charge in [-0.1, -0.05) is 48.8 Å². The van der Waals surface area contributed by atoms with E-state index in [0.717, 1.165) is 0 Å². The molecule has 0 atom stereocenters. The van der Waals surface area contributed by atoms with Crippen LogP contribution < -0.4 is 5.19 Å². The van der Waals surface area contributed by atoms with E-state index in [1.165, 1.54) is 18.0 Å². The van der Waals surface area contributed by atoms with E-state index in [1.54, 1.807) is 5.19 Å². The van der Waals surface area contributed by atoms with Crippen LogP contribution in [0.25, 0.3) is 0 Å². The predicted molar refractivity (Wildman–Crippen MR) is 59.3 cm³/mol. The molecule has 12 heavy (non-hydrogen) atoms. The third-order valence-electron chi connectivity index (χ3n) is 2.06. The summed E-state index contributed by atoms with van der Waals surface area (Å²) >= 11 is 5.83. The van der Waals surface area contributed by atoms with Crippen LogP contribution in [-0.4, -0.2) is 9.52 Å². The molecule has 0 aliphatic carbocycles. The van der Waals surface area contributed by atoms with Crippen LogP contribution in [0.3, 0.4) is 0 Å². The lowest BCUT2D eigenvalue weighted by atomic mass is 10.2. The van der Waals surface area contributed by atoms with Crippen LogP contribution in [-0.2, 0) is 5.88 Å². The number of hydrogen-bond acceptors (Lipinski definition) is 0. The summed E-state index contributed by atoms with van der Waals surface area (Å²) in [5, 5.41) is 1.55. The molecule has 1 rings (SSSR count). The fourth-order valence-electron chi connectivity index (χ4n) is 1.30. The van der Waals surface area contributed by atoms with Crippen LogP contribution in [0.2, 0.25) is 6.04 Å². The van der Waals surface area contributed by atoms with Gasteiger partial charge in [0, 0.05) is 5.88 Å². The predicted octanol–water partition coefficient (Wildman–Crippen LogP) is 2.05. The zero-order valence-corrected chi connectivity index (χ0v) is 9.69. The Morgan fingerprint density at radius 2 is 2.08 bits per heavy atom. The Kier molecular flexibility index (Phi) is 4.40. The molecule has 0 aliphatic rings. The van der Waals surface area contributed by atoms with Crippen LogP contribution >= 0.6 is 11.6 Å². The average molecular weight is 199 g/mol. The van der Waals surface area contributed by atoms with Gasteiger partial charge >= 0.3 is 0 Å². The smallest absolute Gasteiger partial charge is 0.0551 e. The van der Waals surface area contributed by atoms with Gasteiger partial charge in [-0.15, -0.1) is 11.6 Å². The Morgan fingerprint density at radius 1 is 1.33 bits per heavy atom. The Bertz CT molecular complexity index is 235. The van der Waals surface area contributed by atoms with Crippen LogP contribution in [0.15, 0.2) is 24.3 Å². The summed E-state index contributed by atoms with van der Waals surface area (Å²) in [6.45, 7) is 2.25. The summed E-state index contributed by atoms with van der Waals surface area (Å²) in [4.78, 5) is 0. The molecule has 0 saturated heterocycles. The number of alkyl halides is 1. The second kappa shape index (κ2) is 5.39. The quantitative estimate of drug-likeness (QED) is 0.513. The normalized spacial score (nSPS) is 11.2. The van der Waals surface area contributed by atoms with Crippen LogP contribution in [0.4, 0.5) is 0 Å². The lowest BCUT2D eigenvalue weighted by Crippen LogP contribution is -2.17. The highest BCUT2D eigenvalue weighted by molar-refractivity contribution is 6.54. The lowest BCUT2D eigenvalue weighted by molar-refractivity contribution is 1.08. The molecule has 0 radical (unpaired) electrons. The third-order valence-corrected chi connectivity index (χ3v) is 4.64. The maximum atomic E-state index is 5.83. The van der Waals surface area contributed by atoms with Gasteiger partial charge in [-0.25, -0.2) is 0 Å². The van der Waals surface area contributed by atoms with Gasteiger partial charge in [0.05, 0.1) is 9.52 Å². The maximum Gasteiger partial charge on any atom is 0.0551 e. The van der Waals surface area contributed by atoms with Crippen molar-refractivity contribution in [3.63, 3.8) is 0 Å². The number of benzene rings is 1. The van der Waals surface area contributed by atoms with E-state index in [0.29, 0.717) is 5.88 Å². The highest BCUT2D eigenvalue weighted by Crippen LogP contribution is 2.00. The summed E-state index contributed by atoms with van der Waals surface area (Å²) in [5.74, 6) is 0.673. The Labute approximate surface area is 81.8 Å². The molecule has 2 heteroatoms. The van der Waals surface area contributed by atoms with Crippen molar-refractivity contribution in [3.05, 3.63) is 29.8 Å². The Balaban J connectivity index is 2.68. The van der Waals surface area contributed by atoms with Crippen molar-refractivity contribution >= 4 is 26.3 Å². The van der Waals surface area contributed by atoms with E-state index in [-0.39, 0.29) is 9.52 Å². The topological polar surface area (TPSA) is 0 Å². The average Bonchev–Trinajstić information content (AvgIpc) is 2.15. The third kappa shape index (κ3) is 2.65. The standard InChI is InChI=1S/C10H15ClSi/c1-2-7-12-10-6-4-3-5-9(10)8-11/h3-6H,2,7-8,12H2,1H3. The number of halogens is 1. The highest BCUT2D eigenvalue weighted by Gasteiger charge is 1.98. The zero-order valence-electron chi connectivity index (χ0n) is 7.52. The zero-order chi connectivity index (χ0) is 8.81. The minimum absolute atomic E-state index is 0.0358. The first-order valence-corrected chi connectivity index (χ1v) is 6.75. The van der Waals surface area contributed by atoms with Crippen LogP contribution in [0.5, 0.6) is 0 Å². The van der Waals surface area contributed by atoms with E-state index in [2.05, 4.69) is 31.2 Å². The first kappa shape index (κ1) is 9.81. The van der Waals surface area contributed by atoms with Gasteiger partial charge in [-0.05, 0) is 5.56 Å². The minimum atomic E-state index is -0.0358. The van der Waals surface area contributed by atoms with E-state index >= 15 is 0 Å². The monoisotopic (exact) mass is 198 g/mol. The fraction of sp³-hybridized carbons (Fsp3) is 0.400. The van der Waals surface area contributed by atoms with Gasteiger partial charge in [0.2, 0.25) is 0 Å². The molecule has 66 valence electrons. The van der Waals surface area contributed by atoms with Crippen molar-refractivity contribution in [2.75, 3.05) is 0 Å². The number of rotatable bonds is 4. The van der Waals surface area contributed by atoms with Gasteiger partial charge in [-0.3, -0.25) is 0 Å². The van der Waals surface area contributed by atoms with Crippen molar-refractivity contribution in [2.24, 2.45) is 0 Å². The molecule has 0 spiro atoms. The van der Waals surface area contributed by atoms with Crippen molar-refractivity contribution < 1.29 is 0 Å². The van der Waals surface area contributed by atoms with E-state index in [9.17, 15) is 0 Å². The van der Waals surface area contributed by atoms with Crippen molar-refractivity contribution in [1.82, 2.24) is 0 Å². The van der Waals surface area contributed by atoms with Crippen molar-refractivity contribution in [3.8, 4) is 0 Å². The molecule has 0 fully saturated rings.